The summed E-state index contributed by atoms with van der Waals surface area (Å²) in [7, 11) is 0. The summed E-state index contributed by atoms with van der Waals surface area (Å²) in [4.78, 5) is 14.0. The third kappa shape index (κ3) is 4.44. The Kier molecular flexibility index (Phi) is 5.59. The van der Waals surface area contributed by atoms with Crippen LogP contribution in [-0.2, 0) is 4.74 Å². The third-order valence-electron chi connectivity index (χ3n) is 3.71. The standard InChI is InChI=1S/C16H24N2O3/c1-3-21-15-5-4-10-18(11-15)16(20)17-14-8-6-13(7-9-14)12(2)19/h6-9,12,15,19H,3-5,10-11H2,1-2H3,(H,17,20). The SMILES string of the molecule is CCOC1CCCN(C(=O)Nc2ccc(C(C)O)cc2)C1. The van der Waals surface area contributed by atoms with E-state index in [9.17, 15) is 9.90 Å². The lowest BCUT2D eigenvalue weighted by Gasteiger charge is -2.32. The molecule has 2 amide bonds. The molecule has 1 aromatic carbocycles. The lowest BCUT2D eigenvalue weighted by molar-refractivity contribution is 0.0181. The molecular formula is C16H24N2O3. The molecule has 1 aliphatic rings. The summed E-state index contributed by atoms with van der Waals surface area (Å²) in [6, 6.07) is 7.16. The minimum absolute atomic E-state index is 0.0933. The van der Waals surface area contributed by atoms with Gasteiger partial charge in [0.1, 0.15) is 0 Å². The van der Waals surface area contributed by atoms with E-state index < -0.39 is 6.10 Å². The molecule has 2 N–H and O–H groups in total. The molecule has 0 aliphatic carbocycles. The minimum atomic E-state index is -0.496. The third-order valence-corrected chi connectivity index (χ3v) is 3.71. The Morgan fingerprint density at radius 2 is 2.19 bits per heavy atom. The summed E-state index contributed by atoms with van der Waals surface area (Å²) in [5.41, 5.74) is 1.57. The van der Waals surface area contributed by atoms with Crippen molar-refractivity contribution in [1.29, 1.82) is 0 Å². The second-order valence-corrected chi connectivity index (χ2v) is 5.39. The number of likely N-dealkylation sites (tertiary alicyclic amines) is 1. The van der Waals surface area contributed by atoms with Crippen molar-refractivity contribution in [3.8, 4) is 0 Å². The van der Waals surface area contributed by atoms with Gasteiger partial charge in [0.25, 0.3) is 0 Å². The number of aliphatic hydroxyl groups excluding tert-OH is 1. The fourth-order valence-corrected chi connectivity index (χ4v) is 2.54. The van der Waals surface area contributed by atoms with Crippen LogP contribution in [0.3, 0.4) is 0 Å². The molecule has 0 bridgehead atoms. The molecule has 1 fully saturated rings. The molecule has 2 unspecified atom stereocenters. The van der Waals surface area contributed by atoms with Crippen molar-refractivity contribution < 1.29 is 14.6 Å². The average molecular weight is 292 g/mol. The summed E-state index contributed by atoms with van der Waals surface area (Å²) < 4.78 is 5.61. The molecule has 1 aromatic rings. The maximum absolute atomic E-state index is 12.2. The molecule has 2 atom stereocenters. The van der Waals surface area contributed by atoms with Gasteiger partial charge in [-0.15, -0.1) is 0 Å². The van der Waals surface area contributed by atoms with Crippen LogP contribution < -0.4 is 5.32 Å². The number of benzene rings is 1. The molecule has 0 saturated carbocycles. The monoisotopic (exact) mass is 292 g/mol. The first kappa shape index (κ1) is 15.8. The number of anilines is 1. The van der Waals surface area contributed by atoms with Crippen molar-refractivity contribution in [1.82, 2.24) is 4.90 Å². The maximum Gasteiger partial charge on any atom is 0.321 e. The van der Waals surface area contributed by atoms with Gasteiger partial charge in [-0.1, -0.05) is 12.1 Å². The van der Waals surface area contributed by atoms with Crippen LogP contribution in [0.15, 0.2) is 24.3 Å². The van der Waals surface area contributed by atoms with Crippen LogP contribution in [0.25, 0.3) is 0 Å². The van der Waals surface area contributed by atoms with E-state index >= 15 is 0 Å². The number of nitrogens with zero attached hydrogens (tertiary/aromatic N) is 1. The Morgan fingerprint density at radius 1 is 1.48 bits per heavy atom. The molecule has 1 aliphatic heterocycles. The molecule has 0 radical (unpaired) electrons. The number of urea groups is 1. The molecule has 5 heteroatoms. The second kappa shape index (κ2) is 7.43. The summed E-state index contributed by atoms with van der Waals surface area (Å²) in [6.07, 6.45) is 1.63. The van der Waals surface area contributed by atoms with Crippen molar-refractivity contribution >= 4 is 11.7 Å². The smallest absolute Gasteiger partial charge is 0.321 e. The molecule has 116 valence electrons. The van der Waals surface area contributed by atoms with E-state index in [4.69, 9.17) is 4.74 Å². The largest absolute Gasteiger partial charge is 0.389 e. The quantitative estimate of drug-likeness (QED) is 0.897. The van der Waals surface area contributed by atoms with Crippen LogP contribution in [0.4, 0.5) is 10.5 Å². The highest BCUT2D eigenvalue weighted by Gasteiger charge is 2.23. The Balaban J connectivity index is 1.91. The van der Waals surface area contributed by atoms with Gasteiger partial charge in [-0.2, -0.15) is 0 Å². The van der Waals surface area contributed by atoms with E-state index in [1.54, 1.807) is 11.8 Å². The van der Waals surface area contributed by atoms with E-state index in [1.165, 1.54) is 0 Å². The van der Waals surface area contributed by atoms with Crippen molar-refractivity contribution in [2.45, 2.75) is 38.9 Å². The first-order valence-electron chi connectivity index (χ1n) is 7.55. The van der Waals surface area contributed by atoms with Crippen LogP contribution >= 0.6 is 0 Å². The lowest BCUT2D eigenvalue weighted by atomic mass is 10.1. The molecular weight excluding hydrogens is 268 g/mol. The van der Waals surface area contributed by atoms with Crippen molar-refractivity contribution in [2.24, 2.45) is 0 Å². The van der Waals surface area contributed by atoms with E-state index in [0.717, 1.165) is 30.6 Å². The zero-order valence-electron chi connectivity index (χ0n) is 12.7. The predicted octanol–water partition coefficient (Wildman–Crippen LogP) is 2.77. The highest BCUT2D eigenvalue weighted by molar-refractivity contribution is 5.89. The number of carbonyl (C=O) groups excluding carboxylic acids is 1. The summed E-state index contributed by atoms with van der Waals surface area (Å²) >= 11 is 0. The summed E-state index contributed by atoms with van der Waals surface area (Å²) in [6.45, 7) is 5.78. The molecule has 0 aromatic heterocycles. The summed E-state index contributed by atoms with van der Waals surface area (Å²) in [5, 5.41) is 12.4. The maximum atomic E-state index is 12.2. The van der Waals surface area contributed by atoms with Gasteiger partial charge in [0, 0.05) is 25.4 Å². The van der Waals surface area contributed by atoms with Gasteiger partial charge in [0.15, 0.2) is 0 Å². The van der Waals surface area contributed by atoms with Crippen molar-refractivity contribution in [3.63, 3.8) is 0 Å². The van der Waals surface area contributed by atoms with E-state index in [-0.39, 0.29) is 12.1 Å². The summed E-state index contributed by atoms with van der Waals surface area (Å²) in [5.74, 6) is 0. The lowest BCUT2D eigenvalue weighted by Crippen LogP contribution is -2.45. The molecule has 1 saturated heterocycles. The van der Waals surface area contributed by atoms with Crippen LogP contribution in [-0.4, -0.2) is 41.8 Å². The average Bonchev–Trinajstić information content (AvgIpc) is 2.48. The molecule has 21 heavy (non-hydrogen) atoms. The minimum Gasteiger partial charge on any atom is -0.389 e. The van der Waals surface area contributed by atoms with Crippen LogP contribution in [0.5, 0.6) is 0 Å². The number of hydrogen-bond donors (Lipinski definition) is 2. The zero-order chi connectivity index (χ0) is 15.2. The van der Waals surface area contributed by atoms with Gasteiger partial charge < -0.3 is 20.1 Å². The van der Waals surface area contributed by atoms with Crippen LogP contribution in [0.1, 0.15) is 38.4 Å². The van der Waals surface area contributed by atoms with Gasteiger partial charge in [-0.3, -0.25) is 0 Å². The number of nitrogens with one attached hydrogen (secondary N) is 1. The fraction of sp³-hybridized carbons (Fsp3) is 0.562. The van der Waals surface area contributed by atoms with E-state index in [1.807, 2.05) is 31.2 Å². The molecule has 5 nitrogen and oxygen atoms in total. The zero-order valence-corrected chi connectivity index (χ0v) is 12.7. The molecule has 1 heterocycles. The van der Waals surface area contributed by atoms with Gasteiger partial charge in [-0.05, 0) is 44.4 Å². The Morgan fingerprint density at radius 3 is 2.81 bits per heavy atom. The Bertz CT molecular complexity index is 457. The van der Waals surface area contributed by atoms with Crippen molar-refractivity contribution in [3.05, 3.63) is 29.8 Å². The fourth-order valence-electron chi connectivity index (χ4n) is 2.54. The molecule has 0 spiro atoms. The highest BCUT2D eigenvalue weighted by atomic mass is 16.5. The Hall–Kier alpha value is -1.59. The van der Waals surface area contributed by atoms with Crippen LogP contribution in [0, 0.1) is 0 Å². The van der Waals surface area contributed by atoms with Gasteiger partial charge in [0.05, 0.1) is 12.2 Å². The first-order valence-corrected chi connectivity index (χ1v) is 7.55. The first-order chi connectivity index (χ1) is 10.1. The number of hydrogen-bond acceptors (Lipinski definition) is 3. The van der Waals surface area contributed by atoms with Crippen LogP contribution in [0.2, 0.25) is 0 Å². The number of aliphatic hydroxyl groups is 1. The van der Waals surface area contributed by atoms with E-state index in [0.29, 0.717) is 13.2 Å². The van der Waals surface area contributed by atoms with E-state index in [2.05, 4.69) is 5.32 Å². The second-order valence-electron chi connectivity index (χ2n) is 5.39. The van der Waals surface area contributed by atoms with Gasteiger partial charge >= 0.3 is 6.03 Å². The number of piperidine rings is 1. The van der Waals surface area contributed by atoms with Gasteiger partial charge in [-0.25, -0.2) is 4.79 Å². The topological polar surface area (TPSA) is 61.8 Å². The molecule has 2 rings (SSSR count). The normalized spacial score (nSPS) is 20.1. The van der Waals surface area contributed by atoms with Crippen molar-refractivity contribution in [2.75, 3.05) is 25.0 Å². The Labute approximate surface area is 125 Å². The number of amides is 2. The van der Waals surface area contributed by atoms with Gasteiger partial charge in [0.2, 0.25) is 0 Å². The number of rotatable bonds is 4. The predicted molar refractivity (Wildman–Crippen MR) is 82.3 cm³/mol. The number of ether oxygens (including phenoxy) is 1. The highest BCUT2D eigenvalue weighted by Crippen LogP contribution is 2.18. The number of carbonyl (C=O) groups is 1.